The van der Waals surface area contributed by atoms with Crippen molar-refractivity contribution in [2.45, 2.75) is 45.1 Å². The quantitative estimate of drug-likeness (QED) is 0.691. The van der Waals surface area contributed by atoms with Gasteiger partial charge in [-0.3, -0.25) is 9.59 Å². The van der Waals surface area contributed by atoms with Crippen LogP contribution in [0.5, 0.6) is 0 Å². The normalized spacial score (nSPS) is 14.4. The van der Waals surface area contributed by atoms with Crippen LogP contribution < -0.4 is 10.6 Å². The van der Waals surface area contributed by atoms with E-state index in [1.807, 2.05) is 0 Å². The standard InChI is InChI=1S/C21H25FN4O3/c1-13-16(11-14(12-17(13)22)20(28)23-9-10-27)18-7-8-19(26-25-18)21(29)24-15-5-3-2-4-6-15/h7-8,11-12,15,27H,2-6,9-10H2,1H3,(H,23,28)(H,24,29). The molecule has 1 fully saturated rings. The highest BCUT2D eigenvalue weighted by Gasteiger charge is 2.19. The van der Waals surface area contributed by atoms with Crippen LogP contribution in [0, 0.1) is 12.7 Å². The summed E-state index contributed by atoms with van der Waals surface area (Å²) in [6, 6.07) is 5.99. The molecular weight excluding hydrogens is 375 g/mol. The van der Waals surface area contributed by atoms with Gasteiger partial charge in [-0.05, 0) is 49.6 Å². The predicted molar refractivity (Wildman–Crippen MR) is 106 cm³/mol. The van der Waals surface area contributed by atoms with E-state index in [0.29, 0.717) is 16.8 Å². The van der Waals surface area contributed by atoms with Crippen LogP contribution in [0.4, 0.5) is 4.39 Å². The number of nitrogens with zero attached hydrogens (tertiary/aromatic N) is 2. The van der Waals surface area contributed by atoms with E-state index in [2.05, 4.69) is 20.8 Å². The molecule has 1 saturated carbocycles. The van der Waals surface area contributed by atoms with E-state index in [-0.39, 0.29) is 36.4 Å². The Bertz CT molecular complexity index is 880. The lowest BCUT2D eigenvalue weighted by Crippen LogP contribution is -2.36. The lowest BCUT2D eigenvalue weighted by Gasteiger charge is -2.22. The third-order valence-electron chi connectivity index (χ3n) is 5.12. The van der Waals surface area contributed by atoms with Gasteiger partial charge in [0.05, 0.1) is 12.3 Å². The minimum absolute atomic E-state index is 0.0776. The van der Waals surface area contributed by atoms with Crippen LogP contribution in [0.15, 0.2) is 24.3 Å². The van der Waals surface area contributed by atoms with E-state index >= 15 is 0 Å². The zero-order chi connectivity index (χ0) is 20.8. The van der Waals surface area contributed by atoms with E-state index in [1.165, 1.54) is 12.5 Å². The third-order valence-corrected chi connectivity index (χ3v) is 5.12. The Labute approximate surface area is 168 Å². The molecule has 3 rings (SSSR count). The van der Waals surface area contributed by atoms with Crippen molar-refractivity contribution in [3.63, 3.8) is 0 Å². The van der Waals surface area contributed by atoms with Gasteiger partial charge < -0.3 is 15.7 Å². The Hall–Kier alpha value is -2.87. The zero-order valence-electron chi connectivity index (χ0n) is 16.4. The highest BCUT2D eigenvalue weighted by atomic mass is 19.1. The number of hydrogen-bond donors (Lipinski definition) is 3. The number of hydrogen-bond acceptors (Lipinski definition) is 5. The number of halogens is 1. The Kier molecular flexibility index (Phi) is 6.87. The summed E-state index contributed by atoms with van der Waals surface area (Å²) in [5, 5.41) is 22.4. The van der Waals surface area contributed by atoms with Crippen molar-refractivity contribution in [2.75, 3.05) is 13.2 Å². The van der Waals surface area contributed by atoms with E-state index in [0.717, 1.165) is 31.7 Å². The molecule has 8 heteroatoms. The number of aromatic nitrogens is 2. The maximum atomic E-state index is 14.3. The first-order chi connectivity index (χ1) is 14.0. The van der Waals surface area contributed by atoms with Crippen LogP contribution in [-0.2, 0) is 0 Å². The summed E-state index contributed by atoms with van der Waals surface area (Å²) in [6.45, 7) is 1.46. The fourth-order valence-corrected chi connectivity index (χ4v) is 3.45. The number of carbonyl (C=O) groups is 2. The summed E-state index contributed by atoms with van der Waals surface area (Å²) >= 11 is 0. The maximum Gasteiger partial charge on any atom is 0.272 e. The first-order valence-corrected chi connectivity index (χ1v) is 9.83. The van der Waals surface area contributed by atoms with Gasteiger partial charge in [-0.2, -0.15) is 0 Å². The largest absolute Gasteiger partial charge is 0.395 e. The molecule has 7 nitrogen and oxygen atoms in total. The minimum Gasteiger partial charge on any atom is -0.395 e. The fourth-order valence-electron chi connectivity index (χ4n) is 3.45. The van der Waals surface area contributed by atoms with Gasteiger partial charge in [-0.15, -0.1) is 10.2 Å². The van der Waals surface area contributed by atoms with Gasteiger partial charge in [0.25, 0.3) is 11.8 Å². The maximum absolute atomic E-state index is 14.3. The van der Waals surface area contributed by atoms with Gasteiger partial charge in [0.1, 0.15) is 5.82 Å². The topological polar surface area (TPSA) is 104 Å². The Morgan fingerprint density at radius 2 is 1.90 bits per heavy atom. The molecule has 0 aliphatic heterocycles. The number of benzene rings is 1. The molecule has 2 aromatic rings. The molecule has 2 amide bonds. The number of nitrogens with one attached hydrogen (secondary N) is 2. The number of aliphatic hydroxyl groups excluding tert-OH is 1. The average Bonchev–Trinajstić information content (AvgIpc) is 2.74. The molecule has 0 bridgehead atoms. The second-order valence-electron chi connectivity index (χ2n) is 7.22. The van der Waals surface area contributed by atoms with Crippen molar-refractivity contribution < 1.29 is 19.1 Å². The van der Waals surface area contributed by atoms with Gasteiger partial charge in [0, 0.05) is 23.7 Å². The smallest absolute Gasteiger partial charge is 0.272 e. The van der Waals surface area contributed by atoms with Crippen LogP contribution >= 0.6 is 0 Å². The lowest BCUT2D eigenvalue weighted by atomic mass is 9.95. The number of amides is 2. The summed E-state index contributed by atoms with van der Waals surface area (Å²) in [7, 11) is 0. The Morgan fingerprint density at radius 1 is 1.14 bits per heavy atom. The van der Waals surface area contributed by atoms with Crippen molar-refractivity contribution >= 4 is 11.8 Å². The summed E-state index contributed by atoms with van der Waals surface area (Å²) < 4.78 is 14.3. The minimum atomic E-state index is -0.544. The molecule has 0 saturated heterocycles. The molecule has 29 heavy (non-hydrogen) atoms. The number of rotatable bonds is 6. The van der Waals surface area contributed by atoms with Crippen LogP contribution in [0.2, 0.25) is 0 Å². The zero-order valence-corrected chi connectivity index (χ0v) is 16.4. The van der Waals surface area contributed by atoms with Gasteiger partial charge in [0.15, 0.2) is 5.69 Å². The fraction of sp³-hybridized carbons (Fsp3) is 0.429. The molecule has 0 radical (unpaired) electrons. The predicted octanol–water partition coefficient (Wildman–Crippen LogP) is 2.38. The van der Waals surface area contributed by atoms with Crippen LogP contribution in [0.1, 0.15) is 58.5 Å². The van der Waals surface area contributed by atoms with Crippen LogP contribution in [0.3, 0.4) is 0 Å². The second kappa shape index (κ2) is 9.56. The highest BCUT2D eigenvalue weighted by Crippen LogP contribution is 2.25. The van der Waals surface area contributed by atoms with Crippen molar-refractivity contribution in [3.05, 3.63) is 46.9 Å². The van der Waals surface area contributed by atoms with Crippen molar-refractivity contribution in [2.24, 2.45) is 0 Å². The van der Waals surface area contributed by atoms with Gasteiger partial charge in [-0.25, -0.2) is 4.39 Å². The Morgan fingerprint density at radius 3 is 2.55 bits per heavy atom. The molecule has 0 unspecified atom stereocenters. The summed E-state index contributed by atoms with van der Waals surface area (Å²) in [5.74, 6) is -1.30. The Balaban J connectivity index is 1.78. The molecule has 1 heterocycles. The van der Waals surface area contributed by atoms with Gasteiger partial charge in [0.2, 0.25) is 0 Å². The first kappa shape index (κ1) is 20.9. The van der Waals surface area contributed by atoms with E-state index in [1.54, 1.807) is 19.1 Å². The molecule has 1 aliphatic carbocycles. The van der Waals surface area contributed by atoms with Crippen LogP contribution in [0.25, 0.3) is 11.3 Å². The third kappa shape index (κ3) is 5.14. The first-order valence-electron chi connectivity index (χ1n) is 9.83. The summed E-state index contributed by atoms with van der Waals surface area (Å²) in [5.41, 5.74) is 1.45. The molecular formula is C21H25FN4O3. The van der Waals surface area contributed by atoms with Crippen LogP contribution in [-0.4, -0.2) is 46.3 Å². The van der Waals surface area contributed by atoms with E-state index in [4.69, 9.17) is 5.11 Å². The molecule has 1 aromatic carbocycles. The number of aliphatic hydroxyl groups is 1. The highest BCUT2D eigenvalue weighted by molar-refractivity contribution is 5.96. The second-order valence-corrected chi connectivity index (χ2v) is 7.22. The van der Waals surface area contributed by atoms with Gasteiger partial charge >= 0.3 is 0 Å². The average molecular weight is 400 g/mol. The molecule has 3 N–H and O–H groups in total. The SMILES string of the molecule is Cc1c(F)cc(C(=O)NCCO)cc1-c1ccc(C(=O)NC2CCCCC2)nn1. The lowest BCUT2D eigenvalue weighted by molar-refractivity contribution is 0.0919. The van der Waals surface area contributed by atoms with Crippen molar-refractivity contribution in [1.29, 1.82) is 0 Å². The summed E-state index contributed by atoms with van der Waals surface area (Å²) in [4.78, 5) is 24.5. The molecule has 1 aliphatic rings. The van der Waals surface area contributed by atoms with E-state index < -0.39 is 11.7 Å². The molecule has 1 aromatic heterocycles. The van der Waals surface area contributed by atoms with Gasteiger partial charge in [-0.1, -0.05) is 19.3 Å². The number of carbonyl (C=O) groups excluding carboxylic acids is 2. The monoisotopic (exact) mass is 400 g/mol. The van der Waals surface area contributed by atoms with Crippen molar-refractivity contribution in [1.82, 2.24) is 20.8 Å². The molecule has 0 atom stereocenters. The summed E-state index contributed by atoms with van der Waals surface area (Å²) in [6.07, 6.45) is 5.38. The van der Waals surface area contributed by atoms with E-state index in [9.17, 15) is 14.0 Å². The molecule has 154 valence electrons. The van der Waals surface area contributed by atoms with Crippen molar-refractivity contribution in [3.8, 4) is 11.3 Å². The molecule has 0 spiro atoms.